The van der Waals surface area contributed by atoms with Gasteiger partial charge >= 0.3 is 0 Å². The molecular formula is C15H16N4O4. The quantitative estimate of drug-likeness (QED) is 0.718. The van der Waals surface area contributed by atoms with E-state index in [4.69, 9.17) is 14.2 Å². The molecule has 0 amide bonds. The minimum atomic E-state index is -0.248. The van der Waals surface area contributed by atoms with Crippen molar-refractivity contribution in [1.82, 2.24) is 19.3 Å². The summed E-state index contributed by atoms with van der Waals surface area (Å²) in [5.74, 6) is 1.16. The van der Waals surface area contributed by atoms with Crippen LogP contribution in [0, 0.1) is 0 Å². The fraction of sp³-hybridized carbons (Fsp3) is 0.267. The van der Waals surface area contributed by atoms with Gasteiger partial charge in [0.25, 0.3) is 5.56 Å². The average molecular weight is 316 g/mol. The van der Waals surface area contributed by atoms with Crippen molar-refractivity contribution in [3.05, 3.63) is 35.1 Å². The molecule has 0 bridgehead atoms. The van der Waals surface area contributed by atoms with Crippen LogP contribution in [-0.4, -0.2) is 40.7 Å². The summed E-state index contributed by atoms with van der Waals surface area (Å²) in [4.78, 5) is 17.2. The van der Waals surface area contributed by atoms with Gasteiger partial charge in [0.2, 0.25) is 5.75 Å². The molecule has 0 unspecified atom stereocenters. The molecular weight excluding hydrogens is 300 g/mol. The number of aryl methyl sites for hydroxylation is 1. The van der Waals surface area contributed by atoms with Crippen LogP contribution in [-0.2, 0) is 7.05 Å². The fourth-order valence-corrected chi connectivity index (χ4v) is 2.45. The fourth-order valence-electron chi connectivity index (χ4n) is 2.45. The van der Waals surface area contributed by atoms with E-state index in [-0.39, 0.29) is 5.56 Å². The van der Waals surface area contributed by atoms with Crippen molar-refractivity contribution in [2.24, 2.45) is 7.05 Å². The van der Waals surface area contributed by atoms with E-state index in [1.165, 1.54) is 32.2 Å². The molecule has 1 aromatic carbocycles. The first-order valence-electron chi connectivity index (χ1n) is 6.80. The standard InChI is InChI=1S/C15H16N4O4/c1-18-7-9(6-17-18)19-8-16-12-10(15(19)20)5-11(21-2)13(22-3)14(12)23-4/h5-8H,1-4H3. The molecule has 0 radical (unpaired) electrons. The maximum Gasteiger partial charge on any atom is 0.266 e. The van der Waals surface area contributed by atoms with E-state index in [2.05, 4.69) is 10.1 Å². The third kappa shape index (κ3) is 2.28. The lowest BCUT2D eigenvalue weighted by atomic mass is 10.2. The van der Waals surface area contributed by atoms with Gasteiger partial charge in [-0.15, -0.1) is 0 Å². The first-order valence-corrected chi connectivity index (χ1v) is 6.80. The molecule has 0 saturated heterocycles. The summed E-state index contributed by atoms with van der Waals surface area (Å²) < 4.78 is 19.0. The summed E-state index contributed by atoms with van der Waals surface area (Å²) in [5, 5.41) is 4.44. The highest BCUT2D eigenvalue weighted by Crippen LogP contribution is 2.41. The van der Waals surface area contributed by atoms with E-state index in [1.54, 1.807) is 30.2 Å². The number of methoxy groups -OCH3 is 3. The second-order valence-corrected chi connectivity index (χ2v) is 4.83. The lowest BCUT2D eigenvalue weighted by Gasteiger charge is -2.14. The summed E-state index contributed by atoms with van der Waals surface area (Å²) in [7, 11) is 6.27. The monoisotopic (exact) mass is 316 g/mol. The first kappa shape index (κ1) is 14.9. The molecule has 0 aliphatic carbocycles. The van der Waals surface area contributed by atoms with Crippen LogP contribution in [0.4, 0.5) is 0 Å². The molecule has 0 saturated carbocycles. The van der Waals surface area contributed by atoms with E-state index < -0.39 is 0 Å². The maximum atomic E-state index is 12.8. The van der Waals surface area contributed by atoms with Gasteiger partial charge in [0.05, 0.1) is 38.6 Å². The molecule has 0 atom stereocenters. The van der Waals surface area contributed by atoms with Crippen molar-refractivity contribution in [2.45, 2.75) is 0 Å². The number of hydrogen-bond donors (Lipinski definition) is 0. The topological polar surface area (TPSA) is 80.4 Å². The lowest BCUT2D eigenvalue weighted by Crippen LogP contribution is -2.19. The molecule has 0 aliphatic rings. The van der Waals surface area contributed by atoms with Gasteiger partial charge in [0, 0.05) is 13.2 Å². The van der Waals surface area contributed by atoms with Crippen molar-refractivity contribution >= 4 is 10.9 Å². The van der Waals surface area contributed by atoms with Crippen LogP contribution in [0.2, 0.25) is 0 Å². The molecule has 3 aromatic rings. The molecule has 8 nitrogen and oxygen atoms in total. The Morgan fingerprint density at radius 3 is 2.39 bits per heavy atom. The van der Waals surface area contributed by atoms with E-state index in [0.29, 0.717) is 33.8 Å². The Morgan fingerprint density at radius 1 is 1.09 bits per heavy atom. The van der Waals surface area contributed by atoms with E-state index in [9.17, 15) is 4.79 Å². The highest BCUT2D eigenvalue weighted by atomic mass is 16.5. The molecule has 2 heterocycles. The number of rotatable bonds is 4. The predicted octanol–water partition coefficient (Wildman–Crippen LogP) is 1.14. The van der Waals surface area contributed by atoms with Crippen LogP contribution in [0.15, 0.2) is 29.6 Å². The Morgan fingerprint density at radius 2 is 1.83 bits per heavy atom. The van der Waals surface area contributed by atoms with Crippen LogP contribution >= 0.6 is 0 Å². The normalized spacial score (nSPS) is 10.8. The summed E-state index contributed by atoms with van der Waals surface area (Å²) >= 11 is 0. The minimum Gasteiger partial charge on any atom is -0.493 e. The van der Waals surface area contributed by atoms with Gasteiger partial charge in [-0.05, 0) is 6.07 Å². The van der Waals surface area contributed by atoms with Gasteiger partial charge in [-0.1, -0.05) is 0 Å². The Kier molecular flexibility index (Phi) is 3.65. The van der Waals surface area contributed by atoms with Gasteiger partial charge in [0.15, 0.2) is 11.5 Å². The lowest BCUT2D eigenvalue weighted by molar-refractivity contribution is 0.326. The molecule has 0 spiro atoms. The largest absolute Gasteiger partial charge is 0.493 e. The number of fused-ring (bicyclic) bond motifs is 1. The van der Waals surface area contributed by atoms with Crippen LogP contribution in [0.5, 0.6) is 17.2 Å². The number of benzene rings is 1. The predicted molar refractivity (Wildman–Crippen MR) is 83.8 cm³/mol. The zero-order valence-corrected chi connectivity index (χ0v) is 13.2. The second kappa shape index (κ2) is 5.64. The Balaban J connectivity index is 2.36. The van der Waals surface area contributed by atoms with Crippen molar-refractivity contribution < 1.29 is 14.2 Å². The summed E-state index contributed by atoms with van der Waals surface area (Å²) in [5.41, 5.74) is 0.790. The molecule has 120 valence electrons. The van der Waals surface area contributed by atoms with Crippen LogP contribution in [0.3, 0.4) is 0 Å². The number of ether oxygens (including phenoxy) is 3. The van der Waals surface area contributed by atoms with Crippen LogP contribution in [0.1, 0.15) is 0 Å². The molecule has 0 fully saturated rings. The third-order valence-corrected chi connectivity index (χ3v) is 3.52. The van der Waals surface area contributed by atoms with Crippen molar-refractivity contribution in [3.63, 3.8) is 0 Å². The summed E-state index contributed by atoms with van der Waals surface area (Å²) in [6.07, 6.45) is 4.76. The molecule has 2 aromatic heterocycles. The number of aromatic nitrogens is 4. The van der Waals surface area contributed by atoms with Crippen LogP contribution in [0.25, 0.3) is 16.6 Å². The number of hydrogen-bond acceptors (Lipinski definition) is 6. The minimum absolute atomic E-state index is 0.248. The average Bonchev–Trinajstić information content (AvgIpc) is 2.99. The second-order valence-electron chi connectivity index (χ2n) is 4.83. The zero-order valence-electron chi connectivity index (χ0n) is 13.2. The molecule has 8 heteroatoms. The van der Waals surface area contributed by atoms with Crippen molar-refractivity contribution in [1.29, 1.82) is 0 Å². The molecule has 0 N–H and O–H groups in total. The molecule has 3 rings (SSSR count). The highest BCUT2D eigenvalue weighted by Gasteiger charge is 2.20. The molecule has 0 aliphatic heterocycles. The molecule has 23 heavy (non-hydrogen) atoms. The Hall–Kier alpha value is -3.03. The van der Waals surface area contributed by atoms with Gasteiger partial charge in [0.1, 0.15) is 11.8 Å². The van der Waals surface area contributed by atoms with Crippen molar-refractivity contribution in [3.8, 4) is 22.9 Å². The smallest absolute Gasteiger partial charge is 0.266 e. The van der Waals surface area contributed by atoms with E-state index in [0.717, 1.165) is 0 Å². The Labute approximate surface area is 131 Å². The number of nitrogens with zero attached hydrogens (tertiary/aromatic N) is 4. The van der Waals surface area contributed by atoms with Gasteiger partial charge in [-0.2, -0.15) is 5.10 Å². The SMILES string of the molecule is COc1cc2c(=O)n(-c3cnn(C)c3)cnc2c(OC)c1OC. The van der Waals surface area contributed by atoms with Crippen molar-refractivity contribution in [2.75, 3.05) is 21.3 Å². The summed E-state index contributed by atoms with van der Waals surface area (Å²) in [6, 6.07) is 1.60. The van der Waals surface area contributed by atoms with Crippen LogP contribution < -0.4 is 19.8 Å². The maximum absolute atomic E-state index is 12.8. The first-order chi connectivity index (χ1) is 11.1. The van der Waals surface area contributed by atoms with E-state index >= 15 is 0 Å². The zero-order chi connectivity index (χ0) is 16.6. The Bertz CT molecular complexity index is 929. The third-order valence-electron chi connectivity index (χ3n) is 3.52. The van der Waals surface area contributed by atoms with E-state index in [1.807, 2.05) is 0 Å². The van der Waals surface area contributed by atoms with Gasteiger partial charge < -0.3 is 14.2 Å². The highest BCUT2D eigenvalue weighted by molar-refractivity contribution is 5.89. The van der Waals surface area contributed by atoms with Gasteiger partial charge in [-0.25, -0.2) is 4.98 Å². The van der Waals surface area contributed by atoms with Gasteiger partial charge in [-0.3, -0.25) is 14.0 Å². The summed E-state index contributed by atoms with van der Waals surface area (Å²) in [6.45, 7) is 0.